The lowest BCUT2D eigenvalue weighted by Crippen LogP contribution is -2.25. The maximum absolute atomic E-state index is 11.9. The van der Waals surface area contributed by atoms with Crippen molar-refractivity contribution in [3.8, 4) is 0 Å². The molecule has 0 aromatic carbocycles. The molecule has 0 fully saturated rings. The van der Waals surface area contributed by atoms with Gasteiger partial charge in [-0.2, -0.15) is 0 Å². The average molecular weight is 216 g/mol. The number of carbonyl (C=O) groups excluding carboxylic acids is 1. The highest BCUT2D eigenvalue weighted by Gasteiger charge is 2.11. The molecule has 4 nitrogen and oxygen atoms in total. The summed E-state index contributed by atoms with van der Waals surface area (Å²) in [4.78, 5) is 17.5. The lowest BCUT2D eigenvalue weighted by molar-refractivity contribution is 0.0785. The Bertz CT molecular complexity index is 451. The highest BCUT2D eigenvalue weighted by molar-refractivity contribution is 5.93. The molecule has 0 saturated carbocycles. The first-order valence-corrected chi connectivity index (χ1v) is 4.94. The van der Waals surface area contributed by atoms with Gasteiger partial charge in [-0.3, -0.25) is 9.78 Å². The Morgan fingerprint density at radius 2 is 2.12 bits per heavy atom. The first-order valence-electron chi connectivity index (χ1n) is 4.94. The number of hydrogen-bond acceptors (Lipinski definition) is 3. The fraction of sp³-hybridized carbons (Fsp3) is 0.167. The SMILES string of the molecule is CN(Cc1ccoc1)C(=O)c1ccncc1. The monoisotopic (exact) mass is 216 g/mol. The van der Waals surface area contributed by atoms with Crippen LogP contribution in [0.1, 0.15) is 15.9 Å². The summed E-state index contributed by atoms with van der Waals surface area (Å²) in [7, 11) is 1.76. The van der Waals surface area contributed by atoms with Crippen LogP contribution in [-0.2, 0) is 6.54 Å². The van der Waals surface area contributed by atoms with Gasteiger partial charge in [0.2, 0.25) is 0 Å². The number of rotatable bonds is 3. The van der Waals surface area contributed by atoms with E-state index in [1.807, 2.05) is 6.07 Å². The van der Waals surface area contributed by atoms with Crippen LogP contribution in [0.5, 0.6) is 0 Å². The fourth-order valence-corrected chi connectivity index (χ4v) is 1.44. The van der Waals surface area contributed by atoms with Gasteiger partial charge in [-0.1, -0.05) is 0 Å². The summed E-state index contributed by atoms with van der Waals surface area (Å²) in [5.41, 5.74) is 1.62. The molecule has 0 aliphatic carbocycles. The molecule has 2 heterocycles. The largest absolute Gasteiger partial charge is 0.472 e. The molecular weight excluding hydrogens is 204 g/mol. The van der Waals surface area contributed by atoms with Crippen LogP contribution in [0, 0.1) is 0 Å². The zero-order valence-corrected chi connectivity index (χ0v) is 8.96. The molecule has 2 aromatic heterocycles. The Labute approximate surface area is 93.5 Å². The minimum absolute atomic E-state index is 0.0244. The van der Waals surface area contributed by atoms with Crippen LogP contribution in [0.3, 0.4) is 0 Å². The predicted octanol–water partition coefficient (Wildman–Crippen LogP) is 1.95. The number of amides is 1. The molecule has 0 aliphatic rings. The Morgan fingerprint density at radius 3 is 2.75 bits per heavy atom. The van der Waals surface area contributed by atoms with Crippen molar-refractivity contribution in [3.63, 3.8) is 0 Å². The van der Waals surface area contributed by atoms with E-state index in [-0.39, 0.29) is 5.91 Å². The molecular formula is C12H12N2O2. The van der Waals surface area contributed by atoms with E-state index in [9.17, 15) is 4.79 Å². The molecule has 0 aliphatic heterocycles. The summed E-state index contributed by atoms with van der Waals surface area (Å²) in [5.74, 6) is -0.0244. The highest BCUT2D eigenvalue weighted by Crippen LogP contribution is 2.07. The first-order chi connectivity index (χ1) is 7.77. The van der Waals surface area contributed by atoms with Crippen LogP contribution in [0.4, 0.5) is 0 Å². The van der Waals surface area contributed by atoms with Gasteiger partial charge in [0.1, 0.15) is 0 Å². The van der Waals surface area contributed by atoms with E-state index in [0.717, 1.165) is 5.56 Å². The molecule has 0 saturated heterocycles. The lowest BCUT2D eigenvalue weighted by atomic mass is 10.2. The molecule has 2 rings (SSSR count). The molecule has 1 amide bonds. The van der Waals surface area contributed by atoms with Crippen molar-refractivity contribution in [2.75, 3.05) is 7.05 Å². The molecule has 82 valence electrons. The van der Waals surface area contributed by atoms with Gasteiger partial charge in [0.25, 0.3) is 5.91 Å². The molecule has 0 radical (unpaired) electrons. The van der Waals surface area contributed by atoms with Crippen LogP contribution in [-0.4, -0.2) is 22.8 Å². The van der Waals surface area contributed by atoms with Crippen molar-refractivity contribution >= 4 is 5.91 Å². The van der Waals surface area contributed by atoms with Crippen LogP contribution in [0.2, 0.25) is 0 Å². The van der Waals surface area contributed by atoms with Gasteiger partial charge < -0.3 is 9.32 Å². The van der Waals surface area contributed by atoms with E-state index in [1.54, 1.807) is 49.0 Å². The van der Waals surface area contributed by atoms with Crippen molar-refractivity contribution in [2.24, 2.45) is 0 Å². The number of carbonyl (C=O) groups is 1. The number of nitrogens with zero attached hydrogens (tertiary/aromatic N) is 2. The van der Waals surface area contributed by atoms with E-state index in [4.69, 9.17) is 4.42 Å². The van der Waals surface area contributed by atoms with Crippen molar-refractivity contribution in [3.05, 3.63) is 54.2 Å². The molecule has 0 N–H and O–H groups in total. The second kappa shape index (κ2) is 4.61. The van der Waals surface area contributed by atoms with Gasteiger partial charge in [0.15, 0.2) is 0 Å². The van der Waals surface area contributed by atoms with Gasteiger partial charge in [-0.25, -0.2) is 0 Å². The first kappa shape index (κ1) is 10.4. The molecule has 4 heteroatoms. The summed E-state index contributed by atoms with van der Waals surface area (Å²) in [5, 5.41) is 0. The number of hydrogen-bond donors (Lipinski definition) is 0. The fourth-order valence-electron chi connectivity index (χ4n) is 1.44. The molecule has 2 aromatic rings. The standard InChI is InChI=1S/C12H12N2O2/c1-14(8-10-4-7-16-9-10)12(15)11-2-5-13-6-3-11/h2-7,9H,8H2,1H3. The van der Waals surface area contributed by atoms with Crippen LogP contribution in [0.15, 0.2) is 47.5 Å². The van der Waals surface area contributed by atoms with Crippen molar-refractivity contribution in [1.29, 1.82) is 0 Å². The molecule has 0 bridgehead atoms. The van der Waals surface area contributed by atoms with Crippen molar-refractivity contribution < 1.29 is 9.21 Å². The lowest BCUT2D eigenvalue weighted by Gasteiger charge is -2.15. The van der Waals surface area contributed by atoms with Crippen LogP contribution in [0.25, 0.3) is 0 Å². The van der Waals surface area contributed by atoms with Gasteiger partial charge in [0, 0.05) is 37.1 Å². The zero-order valence-electron chi connectivity index (χ0n) is 8.96. The number of pyridine rings is 1. The van der Waals surface area contributed by atoms with E-state index < -0.39 is 0 Å². The summed E-state index contributed by atoms with van der Waals surface area (Å²) < 4.78 is 4.95. The quantitative estimate of drug-likeness (QED) is 0.787. The second-order valence-corrected chi connectivity index (χ2v) is 3.53. The predicted molar refractivity (Wildman–Crippen MR) is 58.7 cm³/mol. The summed E-state index contributed by atoms with van der Waals surface area (Å²) in [6, 6.07) is 5.25. The third kappa shape index (κ3) is 2.28. The van der Waals surface area contributed by atoms with Gasteiger partial charge in [0.05, 0.1) is 12.5 Å². The van der Waals surface area contributed by atoms with Crippen molar-refractivity contribution in [2.45, 2.75) is 6.54 Å². The second-order valence-electron chi connectivity index (χ2n) is 3.53. The highest BCUT2D eigenvalue weighted by atomic mass is 16.3. The molecule has 0 atom stereocenters. The van der Waals surface area contributed by atoms with Crippen molar-refractivity contribution in [1.82, 2.24) is 9.88 Å². The van der Waals surface area contributed by atoms with Gasteiger partial charge >= 0.3 is 0 Å². The third-order valence-electron chi connectivity index (χ3n) is 2.27. The van der Waals surface area contributed by atoms with E-state index in [1.165, 1.54) is 0 Å². The minimum atomic E-state index is -0.0244. The Hall–Kier alpha value is -2.10. The average Bonchev–Trinajstić information content (AvgIpc) is 2.82. The summed E-state index contributed by atoms with van der Waals surface area (Å²) >= 11 is 0. The molecule has 0 spiro atoms. The maximum Gasteiger partial charge on any atom is 0.254 e. The van der Waals surface area contributed by atoms with Gasteiger partial charge in [-0.15, -0.1) is 0 Å². The molecule has 16 heavy (non-hydrogen) atoms. The van der Waals surface area contributed by atoms with E-state index >= 15 is 0 Å². The summed E-state index contributed by atoms with van der Waals surface area (Å²) in [6.07, 6.45) is 6.45. The van der Waals surface area contributed by atoms with Crippen LogP contribution < -0.4 is 0 Å². The normalized spacial score (nSPS) is 10.1. The number of aromatic nitrogens is 1. The molecule has 0 unspecified atom stereocenters. The van der Waals surface area contributed by atoms with Crippen LogP contribution >= 0.6 is 0 Å². The minimum Gasteiger partial charge on any atom is -0.472 e. The Kier molecular flexibility index (Phi) is 3.00. The Morgan fingerprint density at radius 1 is 1.38 bits per heavy atom. The summed E-state index contributed by atoms with van der Waals surface area (Å²) in [6.45, 7) is 0.539. The zero-order chi connectivity index (χ0) is 11.4. The Balaban J connectivity index is 2.05. The van der Waals surface area contributed by atoms with E-state index in [0.29, 0.717) is 12.1 Å². The smallest absolute Gasteiger partial charge is 0.254 e. The third-order valence-corrected chi connectivity index (χ3v) is 2.27. The topological polar surface area (TPSA) is 46.3 Å². The van der Waals surface area contributed by atoms with E-state index in [2.05, 4.69) is 4.98 Å². The maximum atomic E-state index is 11.9. The number of furan rings is 1. The van der Waals surface area contributed by atoms with Gasteiger partial charge in [-0.05, 0) is 18.2 Å².